The van der Waals surface area contributed by atoms with Crippen LogP contribution in [0.4, 0.5) is 0 Å². The average Bonchev–Trinajstić information content (AvgIpc) is 3.30. The summed E-state index contributed by atoms with van der Waals surface area (Å²) in [6, 6.07) is 17.7. The number of nitrogens with one attached hydrogen (secondary N) is 1. The highest BCUT2D eigenvalue weighted by Crippen LogP contribution is 2.22. The summed E-state index contributed by atoms with van der Waals surface area (Å²) in [7, 11) is 0. The predicted molar refractivity (Wildman–Crippen MR) is 119 cm³/mol. The van der Waals surface area contributed by atoms with Gasteiger partial charge in [0.15, 0.2) is 0 Å². The van der Waals surface area contributed by atoms with Crippen molar-refractivity contribution in [2.45, 2.75) is 39.5 Å². The number of rotatable bonds is 5. The standard InChI is InChI=1S/C26H25N3/c1-17-12-23-15-20(7-10-25(23)27-17)16-24-13-18(2)28-26(29-24)11-8-19-6-9-21-4-3-5-22(21)14-19/h3,5-7,9-10,12-15,27H,4,8,11,16H2,1-2H3. The Kier molecular flexibility index (Phi) is 4.51. The Balaban J connectivity index is 1.33. The van der Waals surface area contributed by atoms with E-state index in [0.29, 0.717) is 0 Å². The van der Waals surface area contributed by atoms with Gasteiger partial charge in [0.05, 0.1) is 0 Å². The van der Waals surface area contributed by atoms with Crippen LogP contribution in [0.5, 0.6) is 0 Å². The van der Waals surface area contributed by atoms with Crippen molar-refractivity contribution in [1.29, 1.82) is 0 Å². The molecule has 3 nitrogen and oxygen atoms in total. The van der Waals surface area contributed by atoms with Crippen LogP contribution in [0.3, 0.4) is 0 Å². The number of hydrogen-bond acceptors (Lipinski definition) is 2. The molecular formula is C26H25N3. The highest BCUT2D eigenvalue weighted by atomic mass is 14.9. The Labute approximate surface area is 171 Å². The highest BCUT2D eigenvalue weighted by Gasteiger charge is 2.08. The molecule has 5 rings (SSSR count). The Morgan fingerprint density at radius 3 is 2.72 bits per heavy atom. The molecule has 4 aromatic rings. The van der Waals surface area contributed by atoms with E-state index in [1.54, 1.807) is 0 Å². The molecule has 0 amide bonds. The van der Waals surface area contributed by atoms with Crippen molar-refractivity contribution in [3.63, 3.8) is 0 Å². The molecule has 0 aliphatic heterocycles. The molecule has 1 aliphatic carbocycles. The molecule has 0 radical (unpaired) electrons. The molecular weight excluding hydrogens is 354 g/mol. The minimum atomic E-state index is 0.833. The number of aromatic amines is 1. The van der Waals surface area contributed by atoms with Gasteiger partial charge in [0.1, 0.15) is 5.82 Å². The normalized spacial score (nSPS) is 12.6. The molecule has 0 saturated heterocycles. The largest absolute Gasteiger partial charge is 0.359 e. The lowest BCUT2D eigenvalue weighted by Crippen LogP contribution is -2.04. The lowest BCUT2D eigenvalue weighted by atomic mass is 10.0. The minimum absolute atomic E-state index is 0.833. The van der Waals surface area contributed by atoms with Crippen LogP contribution in [-0.2, 0) is 25.7 Å². The number of H-pyrrole nitrogens is 1. The monoisotopic (exact) mass is 379 g/mol. The minimum Gasteiger partial charge on any atom is -0.359 e. The first-order chi connectivity index (χ1) is 14.1. The Morgan fingerprint density at radius 2 is 1.79 bits per heavy atom. The summed E-state index contributed by atoms with van der Waals surface area (Å²) in [5.41, 5.74) is 9.95. The van der Waals surface area contributed by atoms with Gasteiger partial charge in [-0.2, -0.15) is 0 Å². The maximum atomic E-state index is 4.87. The van der Waals surface area contributed by atoms with Crippen LogP contribution in [0.25, 0.3) is 17.0 Å². The van der Waals surface area contributed by atoms with Crippen molar-refractivity contribution in [2.24, 2.45) is 0 Å². The van der Waals surface area contributed by atoms with Crippen LogP contribution in [0.1, 0.15) is 45.2 Å². The van der Waals surface area contributed by atoms with E-state index in [9.17, 15) is 0 Å². The van der Waals surface area contributed by atoms with Gasteiger partial charge < -0.3 is 4.98 Å². The highest BCUT2D eigenvalue weighted by molar-refractivity contribution is 5.81. The Bertz CT molecular complexity index is 1230. The van der Waals surface area contributed by atoms with Gasteiger partial charge in [0, 0.05) is 35.4 Å². The predicted octanol–water partition coefficient (Wildman–Crippen LogP) is 5.52. The van der Waals surface area contributed by atoms with E-state index >= 15 is 0 Å². The molecule has 1 aliphatic rings. The van der Waals surface area contributed by atoms with E-state index < -0.39 is 0 Å². The smallest absolute Gasteiger partial charge is 0.129 e. The fraction of sp³-hybridized carbons (Fsp3) is 0.231. The van der Waals surface area contributed by atoms with Crippen LogP contribution >= 0.6 is 0 Å². The third-order valence-corrected chi connectivity index (χ3v) is 5.64. The third-order valence-electron chi connectivity index (χ3n) is 5.64. The van der Waals surface area contributed by atoms with E-state index in [1.165, 1.54) is 38.9 Å². The number of aromatic nitrogens is 3. The summed E-state index contributed by atoms with van der Waals surface area (Å²) in [6.45, 7) is 4.16. The van der Waals surface area contributed by atoms with E-state index in [-0.39, 0.29) is 0 Å². The zero-order chi connectivity index (χ0) is 19.8. The molecule has 144 valence electrons. The van der Waals surface area contributed by atoms with E-state index in [2.05, 4.69) is 84.5 Å². The number of hydrogen-bond donors (Lipinski definition) is 1. The summed E-state index contributed by atoms with van der Waals surface area (Å²) in [4.78, 5) is 12.9. The second kappa shape index (κ2) is 7.32. The summed E-state index contributed by atoms with van der Waals surface area (Å²) in [5, 5.41) is 1.26. The third kappa shape index (κ3) is 3.86. The summed E-state index contributed by atoms with van der Waals surface area (Å²) < 4.78 is 0. The van der Waals surface area contributed by atoms with Crippen molar-refractivity contribution in [1.82, 2.24) is 15.0 Å². The van der Waals surface area contributed by atoms with E-state index in [0.717, 1.165) is 42.9 Å². The molecule has 0 bridgehead atoms. The van der Waals surface area contributed by atoms with Gasteiger partial charge >= 0.3 is 0 Å². The summed E-state index contributed by atoms with van der Waals surface area (Å²) >= 11 is 0. The molecule has 0 atom stereocenters. The second-order valence-corrected chi connectivity index (χ2v) is 8.11. The fourth-order valence-corrected chi connectivity index (χ4v) is 4.26. The molecule has 2 heterocycles. The summed E-state index contributed by atoms with van der Waals surface area (Å²) in [6.07, 6.45) is 8.19. The van der Waals surface area contributed by atoms with Gasteiger partial charge in [-0.15, -0.1) is 0 Å². The first kappa shape index (κ1) is 17.9. The maximum absolute atomic E-state index is 4.87. The molecule has 3 heteroatoms. The first-order valence-electron chi connectivity index (χ1n) is 10.3. The number of allylic oxidation sites excluding steroid dienone is 1. The number of aryl methyl sites for hydroxylation is 4. The van der Waals surface area contributed by atoms with Crippen molar-refractivity contribution < 1.29 is 0 Å². The second-order valence-electron chi connectivity index (χ2n) is 8.11. The van der Waals surface area contributed by atoms with Gasteiger partial charge in [-0.3, -0.25) is 0 Å². The zero-order valence-electron chi connectivity index (χ0n) is 17.0. The molecule has 0 saturated carbocycles. The summed E-state index contributed by atoms with van der Waals surface area (Å²) in [5.74, 6) is 0.939. The molecule has 2 aromatic heterocycles. The van der Waals surface area contributed by atoms with Gasteiger partial charge in [0.25, 0.3) is 0 Å². The number of benzene rings is 2. The van der Waals surface area contributed by atoms with Crippen LogP contribution in [0.2, 0.25) is 0 Å². The van der Waals surface area contributed by atoms with Crippen molar-refractivity contribution >= 4 is 17.0 Å². The van der Waals surface area contributed by atoms with Gasteiger partial charge in [0.2, 0.25) is 0 Å². The quantitative estimate of drug-likeness (QED) is 0.496. The van der Waals surface area contributed by atoms with Crippen LogP contribution in [0.15, 0.2) is 54.6 Å². The maximum Gasteiger partial charge on any atom is 0.129 e. The van der Waals surface area contributed by atoms with Crippen molar-refractivity contribution in [3.05, 3.63) is 99.8 Å². The fourth-order valence-electron chi connectivity index (χ4n) is 4.26. The zero-order valence-corrected chi connectivity index (χ0v) is 17.0. The molecule has 1 N–H and O–H groups in total. The first-order valence-corrected chi connectivity index (χ1v) is 10.3. The van der Waals surface area contributed by atoms with Crippen molar-refractivity contribution in [3.8, 4) is 0 Å². The molecule has 0 unspecified atom stereocenters. The Hall–Kier alpha value is -3.20. The topological polar surface area (TPSA) is 41.6 Å². The molecule has 2 aromatic carbocycles. The number of fused-ring (bicyclic) bond motifs is 2. The lowest BCUT2D eigenvalue weighted by Gasteiger charge is -2.08. The molecule has 0 spiro atoms. The molecule has 0 fully saturated rings. The van der Waals surface area contributed by atoms with Gasteiger partial charge in [-0.1, -0.05) is 36.4 Å². The van der Waals surface area contributed by atoms with E-state index in [1.807, 2.05) is 0 Å². The van der Waals surface area contributed by atoms with Crippen LogP contribution in [-0.4, -0.2) is 15.0 Å². The van der Waals surface area contributed by atoms with Crippen LogP contribution < -0.4 is 0 Å². The average molecular weight is 380 g/mol. The van der Waals surface area contributed by atoms with Crippen molar-refractivity contribution in [2.75, 3.05) is 0 Å². The molecule has 29 heavy (non-hydrogen) atoms. The van der Waals surface area contributed by atoms with Crippen LogP contribution in [0, 0.1) is 13.8 Å². The van der Waals surface area contributed by atoms with E-state index in [4.69, 9.17) is 4.98 Å². The van der Waals surface area contributed by atoms with Gasteiger partial charge in [-0.05, 0) is 78.6 Å². The number of nitrogens with zero attached hydrogens (tertiary/aromatic N) is 2. The van der Waals surface area contributed by atoms with Gasteiger partial charge in [-0.25, -0.2) is 9.97 Å². The lowest BCUT2D eigenvalue weighted by molar-refractivity contribution is 0.824. The Morgan fingerprint density at radius 1 is 0.897 bits per heavy atom. The SMILES string of the molecule is Cc1cc(Cc2ccc3[nH]c(C)cc3c2)nc(CCc2ccc3c(c2)C=CC3)n1.